The van der Waals surface area contributed by atoms with Crippen LogP contribution in [0.3, 0.4) is 0 Å². The number of alkyl halides is 1. The maximum Gasteiger partial charge on any atom is 0.341 e. The van der Waals surface area contributed by atoms with Crippen LogP contribution in [0.2, 0.25) is 0 Å². The summed E-state index contributed by atoms with van der Waals surface area (Å²) >= 11 is 3.12. The van der Waals surface area contributed by atoms with Crippen LogP contribution in [-0.2, 0) is 11.3 Å². The van der Waals surface area contributed by atoms with Crippen LogP contribution in [-0.4, -0.2) is 31.3 Å². The molecule has 2 rings (SSSR count). The van der Waals surface area contributed by atoms with Crippen molar-refractivity contribution >= 4 is 27.7 Å². The zero-order chi connectivity index (χ0) is 17.5. The summed E-state index contributed by atoms with van der Waals surface area (Å²) in [6.07, 6.45) is 0. The Morgan fingerprint density at radius 2 is 1.79 bits per heavy atom. The second kappa shape index (κ2) is 8.49. The third kappa shape index (κ3) is 4.14. The SMILES string of the molecule is COC(=O)c1cc(C(=O)CBr)ccc1OCc1ccccc1OC. The molecule has 24 heavy (non-hydrogen) atoms. The Labute approximate surface area is 148 Å². The van der Waals surface area contributed by atoms with E-state index in [2.05, 4.69) is 15.9 Å². The number of ketones is 1. The molecule has 0 amide bonds. The van der Waals surface area contributed by atoms with Crippen LogP contribution in [0.1, 0.15) is 26.3 Å². The van der Waals surface area contributed by atoms with Gasteiger partial charge < -0.3 is 14.2 Å². The van der Waals surface area contributed by atoms with Crippen LogP contribution in [0.15, 0.2) is 42.5 Å². The predicted molar refractivity (Wildman–Crippen MR) is 93.2 cm³/mol. The summed E-state index contributed by atoms with van der Waals surface area (Å²) in [5.74, 6) is 0.354. The first-order chi connectivity index (χ1) is 11.6. The van der Waals surface area contributed by atoms with E-state index < -0.39 is 5.97 Å². The molecule has 0 aliphatic carbocycles. The molecule has 0 aliphatic heterocycles. The van der Waals surface area contributed by atoms with Gasteiger partial charge in [0, 0.05) is 11.1 Å². The molecule has 0 radical (unpaired) electrons. The molecule has 2 aromatic rings. The minimum Gasteiger partial charge on any atom is -0.496 e. The number of methoxy groups -OCH3 is 2. The van der Waals surface area contributed by atoms with E-state index in [0.717, 1.165) is 5.56 Å². The first-order valence-electron chi connectivity index (χ1n) is 7.17. The highest BCUT2D eigenvalue weighted by Crippen LogP contribution is 2.25. The van der Waals surface area contributed by atoms with Gasteiger partial charge in [0.1, 0.15) is 23.7 Å². The molecule has 0 spiro atoms. The number of esters is 1. The molecule has 0 saturated heterocycles. The molecule has 0 aliphatic rings. The van der Waals surface area contributed by atoms with Crippen LogP contribution in [0.25, 0.3) is 0 Å². The van der Waals surface area contributed by atoms with Crippen molar-refractivity contribution in [2.24, 2.45) is 0 Å². The van der Waals surface area contributed by atoms with Crippen LogP contribution < -0.4 is 9.47 Å². The van der Waals surface area contributed by atoms with Gasteiger partial charge in [0.05, 0.1) is 19.5 Å². The van der Waals surface area contributed by atoms with Crippen molar-refractivity contribution in [2.45, 2.75) is 6.61 Å². The molecule has 0 N–H and O–H groups in total. The highest BCUT2D eigenvalue weighted by Gasteiger charge is 2.17. The molecular weight excluding hydrogens is 376 g/mol. The molecular formula is C18H17BrO5. The molecule has 5 nitrogen and oxygen atoms in total. The van der Waals surface area contributed by atoms with Crippen molar-refractivity contribution in [3.63, 3.8) is 0 Å². The van der Waals surface area contributed by atoms with Crippen molar-refractivity contribution in [1.82, 2.24) is 0 Å². The van der Waals surface area contributed by atoms with Gasteiger partial charge in [0.15, 0.2) is 5.78 Å². The van der Waals surface area contributed by atoms with Crippen molar-refractivity contribution in [3.05, 3.63) is 59.2 Å². The normalized spacial score (nSPS) is 10.1. The minimum absolute atomic E-state index is 0.128. The van der Waals surface area contributed by atoms with Gasteiger partial charge in [-0.05, 0) is 24.3 Å². The number of carbonyl (C=O) groups is 2. The Hall–Kier alpha value is -2.34. The van der Waals surface area contributed by atoms with Crippen LogP contribution in [0.5, 0.6) is 11.5 Å². The lowest BCUT2D eigenvalue weighted by Crippen LogP contribution is -2.09. The number of hydrogen-bond donors (Lipinski definition) is 0. The molecule has 0 atom stereocenters. The third-order valence-corrected chi connectivity index (χ3v) is 3.91. The van der Waals surface area contributed by atoms with Gasteiger partial charge in [-0.15, -0.1) is 0 Å². The average Bonchev–Trinajstić information content (AvgIpc) is 2.65. The van der Waals surface area contributed by atoms with E-state index in [1.807, 2.05) is 24.3 Å². The Morgan fingerprint density at radius 3 is 2.46 bits per heavy atom. The van der Waals surface area contributed by atoms with E-state index in [-0.39, 0.29) is 23.3 Å². The first-order valence-corrected chi connectivity index (χ1v) is 8.29. The summed E-state index contributed by atoms with van der Waals surface area (Å²) in [6.45, 7) is 0.222. The molecule has 126 valence electrons. The fraction of sp³-hybridized carbons (Fsp3) is 0.222. The van der Waals surface area contributed by atoms with Gasteiger partial charge >= 0.3 is 5.97 Å². The van der Waals surface area contributed by atoms with Gasteiger partial charge in [0.25, 0.3) is 0 Å². The fourth-order valence-electron chi connectivity index (χ4n) is 2.15. The molecule has 0 heterocycles. The number of Topliss-reactive ketones (excluding diaryl/α,β-unsaturated/α-hetero) is 1. The second-order valence-electron chi connectivity index (χ2n) is 4.86. The first kappa shape index (κ1) is 18.0. The third-order valence-electron chi connectivity index (χ3n) is 3.40. The highest BCUT2D eigenvalue weighted by atomic mass is 79.9. The van der Waals surface area contributed by atoms with E-state index in [4.69, 9.17) is 14.2 Å². The summed E-state index contributed by atoms with van der Waals surface area (Å²) in [7, 11) is 2.87. The van der Waals surface area contributed by atoms with E-state index >= 15 is 0 Å². The molecule has 0 aromatic heterocycles. The van der Waals surface area contributed by atoms with Crippen LogP contribution in [0.4, 0.5) is 0 Å². The minimum atomic E-state index is -0.561. The van der Waals surface area contributed by atoms with Crippen LogP contribution in [0, 0.1) is 0 Å². The fourth-order valence-corrected chi connectivity index (χ4v) is 2.48. The van der Waals surface area contributed by atoms with Crippen molar-refractivity contribution in [2.75, 3.05) is 19.5 Å². The van der Waals surface area contributed by atoms with E-state index in [1.54, 1.807) is 19.2 Å². The zero-order valence-electron chi connectivity index (χ0n) is 13.4. The van der Waals surface area contributed by atoms with Gasteiger partial charge in [0.2, 0.25) is 0 Å². The standard InChI is InChI=1S/C18H17BrO5/c1-22-16-6-4-3-5-13(16)11-24-17-8-7-12(15(20)10-19)9-14(17)18(21)23-2/h3-9H,10-11H2,1-2H3. The largest absolute Gasteiger partial charge is 0.496 e. The number of para-hydroxylation sites is 1. The molecule has 0 fully saturated rings. The number of halogens is 1. The molecule has 2 aromatic carbocycles. The average molecular weight is 393 g/mol. The van der Waals surface area contributed by atoms with Gasteiger partial charge in [-0.2, -0.15) is 0 Å². The van der Waals surface area contributed by atoms with Crippen molar-refractivity contribution in [1.29, 1.82) is 0 Å². The lowest BCUT2D eigenvalue weighted by atomic mass is 10.1. The van der Waals surface area contributed by atoms with Gasteiger partial charge in [-0.3, -0.25) is 4.79 Å². The number of ether oxygens (including phenoxy) is 3. The number of benzene rings is 2. The second-order valence-corrected chi connectivity index (χ2v) is 5.42. The molecule has 6 heteroatoms. The van der Waals surface area contributed by atoms with E-state index in [0.29, 0.717) is 17.1 Å². The zero-order valence-corrected chi connectivity index (χ0v) is 15.0. The number of hydrogen-bond acceptors (Lipinski definition) is 5. The number of carbonyl (C=O) groups excluding carboxylic acids is 2. The maximum absolute atomic E-state index is 12.0. The Balaban J connectivity index is 2.28. The van der Waals surface area contributed by atoms with Gasteiger partial charge in [-0.1, -0.05) is 34.1 Å². The molecule has 0 saturated carbocycles. The highest BCUT2D eigenvalue weighted by molar-refractivity contribution is 9.09. The molecule has 0 unspecified atom stereocenters. The lowest BCUT2D eigenvalue weighted by molar-refractivity contribution is 0.0595. The smallest absolute Gasteiger partial charge is 0.341 e. The van der Waals surface area contributed by atoms with Crippen molar-refractivity contribution in [3.8, 4) is 11.5 Å². The predicted octanol–water partition coefficient (Wildman–Crippen LogP) is 3.64. The van der Waals surface area contributed by atoms with Crippen molar-refractivity contribution < 1.29 is 23.8 Å². The number of rotatable bonds is 7. The summed E-state index contributed by atoms with van der Waals surface area (Å²) in [4.78, 5) is 23.8. The summed E-state index contributed by atoms with van der Waals surface area (Å²) in [5, 5.41) is 0.176. The topological polar surface area (TPSA) is 61.8 Å². The Morgan fingerprint density at radius 1 is 1.04 bits per heavy atom. The lowest BCUT2D eigenvalue weighted by Gasteiger charge is -2.13. The summed E-state index contributed by atoms with van der Waals surface area (Å²) in [6, 6.07) is 12.1. The summed E-state index contributed by atoms with van der Waals surface area (Å²) < 4.78 is 15.8. The quantitative estimate of drug-likeness (QED) is 0.408. The van der Waals surface area contributed by atoms with E-state index in [1.165, 1.54) is 13.2 Å². The Kier molecular flexibility index (Phi) is 6.37. The Bertz CT molecular complexity index is 742. The summed E-state index contributed by atoms with van der Waals surface area (Å²) in [5.41, 5.74) is 1.47. The monoisotopic (exact) mass is 392 g/mol. The molecule has 0 bridgehead atoms. The van der Waals surface area contributed by atoms with E-state index in [9.17, 15) is 9.59 Å². The van der Waals surface area contributed by atoms with Gasteiger partial charge in [-0.25, -0.2) is 4.79 Å². The maximum atomic E-state index is 12.0. The van der Waals surface area contributed by atoms with Crippen LogP contribution >= 0.6 is 15.9 Å².